The van der Waals surface area contributed by atoms with E-state index in [-0.39, 0.29) is 17.9 Å². The monoisotopic (exact) mass is 455 g/mol. The topological polar surface area (TPSA) is 109 Å². The second-order valence-electron chi connectivity index (χ2n) is 7.43. The third-order valence-corrected chi connectivity index (χ3v) is 6.13. The van der Waals surface area contributed by atoms with Gasteiger partial charge in [0, 0.05) is 18.3 Å². The standard InChI is InChI=1S/C21H21N5O5S/c1-2-3-7-24-19(28)18-14(6-10-32-18)26-20(24)23-25(21(26)29)12-17(27)22-13-4-5-15-16(11-13)31-9-8-30-15/h4-6,10-11H,2-3,7-9,12H2,1H3,(H,22,27). The van der Waals surface area contributed by atoms with Crippen molar-refractivity contribution >= 4 is 38.9 Å². The van der Waals surface area contributed by atoms with Crippen molar-refractivity contribution in [2.75, 3.05) is 18.5 Å². The minimum Gasteiger partial charge on any atom is -0.486 e. The van der Waals surface area contributed by atoms with E-state index in [1.54, 1.807) is 29.6 Å². The van der Waals surface area contributed by atoms with Crippen LogP contribution in [0.4, 0.5) is 5.69 Å². The Morgan fingerprint density at radius 2 is 2.00 bits per heavy atom. The minimum atomic E-state index is -0.467. The molecule has 0 fully saturated rings. The van der Waals surface area contributed by atoms with Crippen LogP contribution < -0.4 is 26.0 Å². The summed E-state index contributed by atoms with van der Waals surface area (Å²) in [7, 11) is 0. The Labute approximate surface area is 185 Å². The molecule has 4 aromatic rings. The number of benzene rings is 1. The van der Waals surface area contributed by atoms with Gasteiger partial charge in [0.2, 0.25) is 11.7 Å². The molecule has 1 aromatic carbocycles. The van der Waals surface area contributed by atoms with Crippen molar-refractivity contribution in [1.29, 1.82) is 0 Å². The highest BCUT2D eigenvalue weighted by atomic mass is 32.1. The van der Waals surface area contributed by atoms with E-state index in [4.69, 9.17) is 9.47 Å². The maximum Gasteiger partial charge on any atom is 0.352 e. The lowest BCUT2D eigenvalue weighted by Gasteiger charge is -2.18. The molecule has 0 bridgehead atoms. The van der Waals surface area contributed by atoms with E-state index in [9.17, 15) is 14.4 Å². The highest BCUT2D eigenvalue weighted by Gasteiger charge is 2.20. The number of ether oxygens (including phenoxy) is 2. The smallest absolute Gasteiger partial charge is 0.352 e. The number of aromatic nitrogens is 4. The van der Waals surface area contributed by atoms with Gasteiger partial charge in [-0.05, 0) is 30.0 Å². The molecule has 166 valence electrons. The number of thiophene rings is 1. The van der Waals surface area contributed by atoms with E-state index in [0.29, 0.717) is 47.2 Å². The summed E-state index contributed by atoms with van der Waals surface area (Å²) >= 11 is 1.29. The Morgan fingerprint density at radius 3 is 2.81 bits per heavy atom. The molecule has 11 heteroatoms. The quantitative estimate of drug-likeness (QED) is 0.477. The van der Waals surface area contributed by atoms with Crippen molar-refractivity contribution < 1.29 is 14.3 Å². The number of amides is 1. The number of unbranched alkanes of at least 4 members (excludes halogenated alkanes) is 1. The molecule has 10 nitrogen and oxygen atoms in total. The molecule has 0 saturated heterocycles. The summed E-state index contributed by atoms with van der Waals surface area (Å²) in [4.78, 5) is 38.7. The number of fused-ring (bicyclic) bond motifs is 4. The molecule has 0 saturated carbocycles. The number of hydrogen-bond acceptors (Lipinski definition) is 7. The molecule has 1 amide bonds. The fourth-order valence-corrected chi connectivity index (χ4v) is 4.54. The van der Waals surface area contributed by atoms with Crippen LogP contribution in [-0.4, -0.2) is 37.9 Å². The minimum absolute atomic E-state index is 0.172. The Balaban J connectivity index is 1.48. The predicted octanol–water partition coefficient (Wildman–Crippen LogP) is 2.08. The van der Waals surface area contributed by atoms with Crippen LogP contribution in [0.25, 0.3) is 16.0 Å². The number of hydrogen-bond donors (Lipinski definition) is 1. The average molecular weight is 455 g/mol. The second kappa shape index (κ2) is 8.15. The van der Waals surface area contributed by atoms with Crippen molar-refractivity contribution in [3.8, 4) is 11.5 Å². The predicted molar refractivity (Wildman–Crippen MR) is 120 cm³/mol. The van der Waals surface area contributed by atoms with E-state index >= 15 is 0 Å². The molecule has 0 aliphatic carbocycles. The molecule has 1 aliphatic heterocycles. The first-order valence-electron chi connectivity index (χ1n) is 10.4. The number of aryl methyl sites for hydroxylation is 1. The van der Waals surface area contributed by atoms with Gasteiger partial charge in [-0.2, -0.15) is 0 Å². The number of anilines is 1. The number of nitrogens with one attached hydrogen (secondary N) is 1. The van der Waals surface area contributed by atoms with Crippen LogP contribution in [0.1, 0.15) is 19.8 Å². The van der Waals surface area contributed by atoms with Crippen LogP contribution in [0.2, 0.25) is 0 Å². The van der Waals surface area contributed by atoms with Crippen molar-refractivity contribution in [3.63, 3.8) is 0 Å². The summed E-state index contributed by atoms with van der Waals surface area (Å²) in [5.41, 5.74) is 0.391. The van der Waals surface area contributed by atoms with E-state index in [1.165, 1.54) is 20.3 Å². The first-order chi connectivity index (χ1) is 15.6. The zero-order chi connectivity index (χ0) is 22.2. The van der Waals surface area contributed by atoms with Gasteiger partial charge in [-0.15, -0.1) is 16.4 Å². The van der Waals surface area contributed by atoms with Gasteiger partial charge in [0.25, 0.3) is 5.56 Å². The molecule has 0 spiro atoms. The molecular weight excluding hydrogens is 434 g/mol. The van der Waals surface area contributed by atoms with Crippen LogP contribution in [0.5, 0.6) is 11.5 Å². The van der Waals surface area contributed by atoms with Crippen LogP contribution in [0, 0.1) is 0 Å². The summed E-state index contributed by atoms with van der Waals surface area (Å²) in [5.74, 6) is 0.997. The summed E-state index contributed by atoms with van der Waals surface area (Å²) < 4.78 is 15.5. The van der Waals surface area contributed by atoms with Crippen molar-refractivity contribution in [2.45, 2.75) is 32.9 Å². The molecule has 3 aromatic heterocycles. The maximum absolute atomic E-state index is 13.1. The molecule has 0 unspecified atom stereocenters. The Hall–Kier alpha value is -3.60. The van der Waals surface area contributed by atoms with Gasteiger partial charge in [-0.3, -0.25) is 14.2 Å². The SMILES string of the molecule is CCCCn1c(=O)c2sccc2n2c(=O)n(CC(=O)Nc3ccc4c(c3)OCCO4)nc12. The fourth-order valence-electron chi connectivity index (χ4n) is 3.71. The van der Waals surface area contributed by atoms with E-state index in [1.807, 2.05) is 6.92 Å². The van der Waals surface area contributed by atoms with Crippen LogP contribution in [0.15, 0.2) is 39.2 Å². The third kappa shape index (κ3) is 3.44. The molecule has 4 heterocycles. The number of carbonyl (C=O) groups excluding carboxylic acids is 1. The van der Waals surface area contributed by atoms with Gasteiger partial charge in [0.05, 0.1) is 5.52 Å². The Bertz CT molecular complexity index is 1450. The zero-order valence-corrected chi connectivity index (χ0v) is 18.2. The van der Waals surface area contributed by atoms with Gasteiger partial charge < -0.3 is 14.8 Å². The number of nitrogens with zero attached hydrogens (tertiary/aromatic N) is 4. The largest absolute Gasteiger partial charge is 0.486 e. The summed E-state index contributed by atoms with van der Waals surface area (Å²) in [6.45, 7) is 3.11. The summed E-state index contributed by atoms with van der Waals surface area (Å²) in [6, 6.07) is 6.83. The summed E-state index contributed by atoms with van der Waals surface area (Å²) in [6.07, 6.45) is 1.67. The fraction of sp³-hybridized carbons (Fsp3) is 0.333. The van der Waals surface area contributed by atoms with Crippen molar-refractivity contribution in [3.05, 3.63) is 50.5 Å². The van der Waals surface area contributed by atoms with Gasteiger partial charge >= 0.3 is 5.69 Å². The van der Waals surface area contributed by atoms with Crippen LogP contribution in [0.3, 0.4) is 0 Å². The van der Waals surface area contributed by atoms with E-state index < -0.39 is 11.6 Å². The first kappa shape index (κ1) is 20.3. The second-order valence-corrected chi connectivity index (χ2v) is 8.34. The highest BCUT2D eigenvalue weighted by Crippen LogP contribution is 2.32. The van der Waals surface area contributed by atoms with Crippen LogP contribution in [-0.2, 0) is 17.9 Å². The lowest BCUT2D eigenvalue weighted by atomic mass is 10.2. The molecule has 0 atom stereocenters. The van der Waals surface area contributed by atoms with Gasteiger partial charge in [0.15, 0.2) is 11.5 Å². The summed E-state index contributed by atoms with van der Waals surface area (Å²) in [5, 5.41) is 8.86. The molecule has 32 heavy (non-hydrogen) atoms. The first-order valence-corrected chi connectivity index (χ1v) is 11.2. The van der Waals surface area contributed by atoms with E-state index in [0.717, 1.165) is 17.5 Å². The highest BCUT2D eigenvalue weighted by molar-refractivity contribution is 7.17. The van der Waals surface area contributed by atoms with Crippen molar-refractivity contribution in [2.24, 2.45) is 0 Å². The maximum atomic E-state index is 13.1. The Kier molecular flexibility index (Phi) is 5.17. The zero-order valence-electron chi connectivity index (χ0n) is 17.4. The molecule has 1 N–H and O–H groups in total. The molecule has 0 radical (unpaired) electrons. The number of rotatable bonds is 6. The molecule has 5 rings (SSSR count). The Morgan fingerprint density at radius 1 is 1.19 bits per heavy atom. The van der Waals surface area contributed by atoms with Crippen LogP contribution >= 0.6 is 11.3 Å². The average Bonchev–Trinajstić information content (AvgIpc) is 3.39. The van der Waals surface area contributed by atoms with Gasteiger partial charge in [-0.25, -0.2) is 13.9 Å². The van der Waals surface area contributed by atoms with Gasteiger partial charge in [-0.1, -0.05) is 13.3 Å². The normalized spacial score (nSPS) is 13.0. The lowest BCUT2D eigenvalue weighted by Crippen LogP contribution is -2.29. The third-order valence-electron chi connectivity index (χ3n) is 5.24. The van der Waals surface area contributed by atoms with E-state index in [2.05, 4.69) is 10.4 Å². The molecule has 1 aliphatic rings. The number of carbonyl (C=O) groups is 1. The van der Waals surface area contributed by atoms with Gasteiger partial charge in [0.1, 0.15) is 24.5 Å². The lowest BCUT2D eigenvalue weighted by molar-refractivity contribution is -0.117. The van der Waals surface area contributed by atoms with Crippen molar-refractivity contribution in [1.82, 2.24) is 18.7 Å². The molecular formula is C21H21N5O5S.